The summed E-state index contributed by atoms with van der Waals surface area (Å²) in [5.41, 5.74) is 0.823. The van der Waals surface area contributed by atoms with E-state index in [-0.39, 0.29) is 12.5 Å². The summed E-state index contributed by atoms with van der Waals surface area (Å²) in [5.74, 6) is 6.74. The second kappa shape index (κ2) is 8.84. The number of rotatable bonds is 6. The predicted octanol–water partition coefficient (Wildman–Crippen LogP) is 4.80. The van der Waals surface area contributed by atoms with Gasteiger partial charge in [-0.2, -0.15) is 0 Å². The molecule has 4 nitrogen and oxygen atoms in total. The summed E-state index contributed by atoms with van der Waals surface area (Å²) < 4.78 is 11.6. The van der Waals surface area contributed by atoms with Gasteiger partial charge in [0.05, 0.1) is 25.0 Å². The van der Waals surface area contributed by atoms with Gasteiger partial charge in [0.25, 0.3) is 0 Å². The van der Waals surface area contributed by atoms with Crippen LogP contribution in [0.25, 0.3) is 0 Å². The van der Waals surface area contributed by atoms with Crippen LogP contribution in [0.15, 0.2) is 48.5 Å². The smallest absolute Gasteiger partial charge is 0.305 e. The Labute approximate surface area is 166 Å². The first-order valence-electron chi connectivity index (χ1n) is 9.65. The van der Waals surface area contributed by atoms with Gasteiger partial charge in [0.2, 0.25) is 0 Å². The van der Waals surface area contributed by atoms with Crippen LogP contribution >= 0.6 is 0 Å². The van der Waals surface area contributed by atoms with Gasteiger partial charge in [-0.3, -0.25) is 4.79 Å². The lowest BCUT2D eigenvalue weighted by Gasteiger charge is -2.24. The molecule has 1 atom stereocenters. The first kappa shape index (κ1) is 19.8. The molecule has 0 aliphatic heterocycles. The van der Waals surface area contributed by atoms with Crippen molar-refractivity contribution in [1.29, 1.82) is 0 Å². The molecule has 28 heavy (non-hydrogen) atoms. The number of aliphatic carboxylic acids is 1. The molecule has 0 saturated heterocycles. The number of benzene rings is 2. The zero-order chi connectivity index (χ0) is 20.0. The van der Waals surface area contributed by atoms with Crippen molar-refractivity contribution in [3.63, 3.8) is 0 Å². The molecule has 0 radical (unpaired) electrons. The highest BCUT2D eigenvalue weighted by Crippen LogP contribution is 2.37. The SMILES string of the molecule is COc1ccc(C(C)(C#Cc2ccccc2)CC(=O)O)cc1OC1CCCC1. The van der Waals surface area contributed by atoms with Gasteiger partial charge in [-0.05, 0) is 62.4 Å². The molecule has 3 rings (SSSR count). The Kier molecular flexibility index (Phi) is 6.26. The number of carboxylic acids is 1. The zero-order valence-corrected chi connectivity index (χ0v) is 16.4. The summed E-state index contributed by atoms with van der Waals surface area (Å²) in [5, 5.41) is 9.48. The second-order valence-corrected chi connectivity index (χ2v) is 7.41. The lowest BCUT2D eigenvalue weighted by Crippen LogP contribution is -2.24. The van der Waals surface area contributed by atoms with Crippen LogP contribution < -0.4 is 9.47 Å². The Morgan fingerprint density at radius 1 is 1.14 bits per heavy atom. The molecule has 146 valence electrons. The summed E-state index contributed by atoms with van der Waals surface area (Å²) in [7, 11) is 1.61. The summed E-state index contributed by atoms with van der Waals surface area (Å²) in [4.78, 5) is 11.6. The molecule has 2 aromatic rings. The van der Waals surface area contributed by atoms with Crippen molar-refractivity contribution in [3.05, 3.63) is 59.7 Å². The quantitative estimate of drug-likeness (QED) is 0.734. The average Bonchev–Trinajstić information content (AvgIpc) is 3.20. The van der Waals surface area contributed by atoms with Gasteiger partial charge in [-0.25, -0.2) is 0 Å². The third-order valence-electron chi connectivity index (χ3n) is 5.16. The van der Waals surface area contributed by atoms with Crippen molar-refractivity contribution in [1.82, 2.24) is 0 Å². The third kappa shape index (κ3) is 4.86. The minimum absolute atomic E-state index is 0.0952. The zero-order valence-electron chi connectivity index (χ0n) is 16.4. The van der Waals surface area contributed by atoms with E-state index < -0.39 is 11.4 Å². The Bertz CT molecular complexity index is 872. The van der Waals surface area contributed by atoms with E-state index in [2.05, 4.69) is 11.8 Å². The molecule has 1 aliphatic carbocycles. The van der Waals surface area contributed by atoms with Crippen molar-refractivity contribution >= 4 is 5.97 Å². The van der Waals surface area contributed by atoms with E-state index in [0.29, 0.717) is 11.5 Å². The lowest BCUT2D eigenvalue weighted by molar-refractivity contribution is -0.137. The van der Waals surface area contributed by atoms with Crippen LogP contribution in [0.2, 0.25) is 0 Å². The van der Waals surface area contributed by atoms with Gasteiger partial charge >= 0.3 is 5.97 Å². The fourth-order valence-electron chi connectivity index (χ4n) is 3.55. The largest absolute Gasteiger partial charge is 0.493 e. The predicted molar refractivity (Wildman–Crippen MR) is 109 cm³/mol. The van der Waals surface area contributed by atoms with Crippen LogP contribution in [0.4, 0.5) is 0 Å². The Hall–Kier alpha value is -2.93. The minimum Gasteiger partial charge on any atom is -0.493 e. The maximum Gasteiger partial charge on any atom is 0.305 e. The number of hydrogen-bond donors (Lipinski definition) is 1. The van der Waals surface area contributed by atoms with Gasteiger partial charge in [0.1, 0.15) is 0 Å². The molecule has 1 saturated carbocycles. The number of carboxylic acid groups (broad SMARTS) is 1. The standard InChI is InChI=1S/C24H26O4/c1-24(17-23(25)26,15-14-18-8-4-3-5-9-18)19-12-13-21(27-2)22(16-19)28-20-10-6-7-11-20/h3-5,8-9,12-13,16,20H,6-7,10-11,17H2,1-2H3,(H,25,26). The highest BCUT2D eigenvalue weighted by molar-refractivity contribution is 5.70. The second-order valence-electron chi connectivity index (χ2n) is 7.41. The van der Waals surface area contributed by atoms with Crippen molar-refractivity contribution < 1.29 is 19.4 Å². The number of methoxy groups -OCH3 is 1. The average molecular weight is 378 g/mol. The molecule has 1 fully saturated rings. The molecule has 0 aromatic heterocycles. The van der Waals surface area contributed by atoms with Crippen LogP contribution in [-0.2, 0) is 10.2 Å². The summed E-state index contributed by atoms with van der Waals surface area (Å²) in [6.45, 7) is 1.86. The van der Waals surface area contributed by atoms with Crippen LogP contribution in [-0.4, -0.2) is 24.3 Å². The van der Waals surface area contributed by atoms with E-state index in [9.17, 15) is 9.90 Å². The molecular weight excluding hydrogens is 352 g/mol. The number of carbonyl (C=O) groups is 1. The normalized spacial score (nSPS) is 15.9. The lowest BCUT2D eigenvalue weighted by atomic mass is 9.79. The highest BCUT2D eigenvalue weighted by atomic mass is 16.5. The Balaban J connectivity index is 1.97. The molecule has 1 unspecified atom stereocenters. The molecule has 1 N–H and O–H groups in total. The van der Waals surface area contributed by atoms with Gasteiger partial charge in [0, 0.05) is 5.56 Å². The van der Waals surface area contributed by atoms with Gasteiger partial charge in [0.15, 0.2) is 11.5 Å². The first-order valence-corrected chi connectivity index (χ1v) is 9.65. The summed E-state index contributed by atoms with van der Waals surface area (Å²) in [6.07, 6.45) is 4.51. The molecule has 0 heterocycles. The fourth-order valence-corrected chi connectivity index (χ4v) is 3.55. The van der Waals surface area contributed by atoms with E-state index >= 15 is 0 Å². The minimum atomic E-state index is -0.890. The molecule has 0 bridgehead atoms. The van der Waals surface area contributed by atoms with E-state index in [4.69, 9.17) is 9.47 Å². The van der Waals surface area contributed by atoms with Crippen LogP contribution in [0.3, 0.4) is 0 Å². The monoisotopic (exact) mass is 378 g/mol. The summed E-state index contributed by atoms with van der Waals surface area (Å²) >= 11 is 0. The van der Waals surface area contributed by atoms with E-state index in [1.54, 1.807) is 7.11 Å². The van der Waals surface area contributed by atoms with Crippen molar-refractivity contribution in [2.24, 2.45) is 0 Å². The van der Waals surface area contributed by atoms with E-state index in [1.807, 2.05) is 55.5 Å². The van der Waals surface area contributed by atoms with Gasteiger partial charge in [-0.15, -0.1) is 0 Å². The number of ether oxygens (including phenoxy) is 2. The van der Waals surface area contributed by atoms with E-state index in [1.165, 1.54) is 12.8 Å². The van der Waals surface area contributed by atoms with E-state index in [0.717, 1.165) is 24.0 Å². The van der Waals surface area contributed by atoms with Gasteiger partial charge in [-0.1, -0.05) is 36.1 Å². The molecule has 0 spiro atoms. The molecular formula is C24H26O4. The highest BCUT2D eigenvalue weighted by Gasteiger charge is 2.29. The fraction of sp³-hybridized carbons (Fsp3) is 0.375. The van der Waals surface area contributed by atoms with Crippen LogP contribution in [0.1, 0.15) is 50.2 Å². The third-order valence-corrected chi connectivity index (χ3v) is 5.16. The topological polar surface area (TPSA) is 55.8 Å². The maximum absolute atomic E-state index is 11.6. The summed E-state index contributed by atoms with van der Waals surface area (Å²) in [6, 6.07) is 15.2. The first-order chi connectivity index (χ1) is 13.5. The number of hydrogen-bond acceptors (Lipinski definition) is 3. The Morgan fingerprint density at radius 3 is 2.50 bits per heavy atom. The van der Waals surface area contributed by atoms with Crippen molar-refractivity contribution in [2.45, 2.75) is 50.5 Å². The molecule has 0 amide bonds. The molecule has 1 aliphatic rings. The van der Waals surface area contributed by atoms with Crippen LogP contribution in [0.5, 0.6) is 11.5 Å². The maximum atomic E-state index is 11.6. The van der Waals surface area contributed by atoms with Crippen molar-refractivity contribution in [3.8, 4) is 23.3 Å². The molecule has 2 aromatic carbocycles. The van der Waals surface area contributed by atoms with Crippen molar-refractivity contribution in [2.75, 3.05) is 7.11 Å². The molecule has 4 heteroatoms. The van der Waals surface area contributed by atoms with Crippen LogP contribution in [0, 0.1) is 11.8 Å². The van der Waals surface area contributed by atoms with Gasteiger partial charge < -0.3 is 14.6 Å². The Morgan fingerprint density at radius 2 is 1.86 bits per heavy atom.